The Hall–Kier alpha value is -2.43. The Morgan fingerprint density at radius 2 is 2.11 bits per heavy atom. The summed E-state index contributed by atoms with van der Waals surface area (Å²) in [6.07, 6.45) is 4.44. The van der Waals surface area contributed by atoms with Crippen LogP contribution in [0.4, 0.5) is 0 Å². The van der Waals surface area contributed by atoms with E-state index in [0.29, 0.717) is 6.54 Å². The number of benzene rings is 1. The summed E-state index contributed by atoms with van der Waals surface area (Å²) < 4.78 is 4.10. The molecule has 0 aliphatic carbocycles. The van der Waals surface area contributed by atoms with Crippen LogP contribution in [0.25, 0.3) is 17.1 Å². The lowest BCUT2D eigenvalue weighted by molar-refractivity contribution is 0.671. The van der Waals surface area contributed by atoms with Crippen molar-refractivity contribution in [3.05, 3.63) is 48.3 Å². The molecular weight excluding hydrogens is 238 g/mol. The molecule has 4 rings (SSSR count). The Bertz CT molecular complexity index is 753. The summed E-state index contributed by atoms with van der Waals surface area (Å²) in [6, 6.07) is 8.25. The summed E-state index contributed by atoms with van der Waals surface area (Å²) in [5.41, 5.74) is 4.53. The summed E-state index contributed by atoms with van der Waals surface area (Å²) in [5, 5.41) is 4.33. The Kier molecular flexibility index (Phi) is 2.09. The molecule has 1 aliphatic rings. The number of nitrogens with zero attached hydrogens (tertiary/aromatic N) is 5. The molecule has 0 amide bonds. The molecule has 2 aromatic heterocycles. The second-order valence-electron chi connectivity index (χ2n) is 4.62. The van der Waals surface area contributed by atoms with E-state index < -0.39 is 0 Å². The standard InChI is InChI=1S/C14H13N5/c1-2-11-13-7-19-14(15-8-17-19)10-5-3-4-6-12(10)18(13)9-16-11/h3-6,8-9H,2,7H2,1H3. The van der Waals surface area contributed by atoms with Gasteiger partial charge in [0.15, 0.2) is 5.82 Å². The van der Waals surface area contributed by atoms with Crippen molar-refractivity contribution in [1.29, 1.82) is 0 Å². The van der Waals surface area contributed by atoms with Crippen LogP contribution >= 0.6 is 0 Å². The van der Waals surface area contributed by atoms with Gasteiger partial charge in [0.05, 0.1) is 29.9 Å². The lowest BCUT2D eigenvalue weighted by atomic mass is 10.1. The maximum absolute atomic E-state index is 4.52. The molecule has 5 nitrogen and oxygen atoms in total. The van der Waals surface area contributed by atoms with Crippen molar-refractivity contribution in [2.75, 3.05) is 0 Å². The molecule has 19 heavy (non-hydrogen) atoms. The fraction of sp³-hybridized carbons (Fsp3) is 0.214. The van der Waals surface area contributed by atoms with Crippen LogP contribution in [0.15, 0.2) is 36.9 Å². The third kappa shape index (κ3) is 1.38. The molecule has 0 unspecified atom stereocenters. The minimum atomic E-state index is 0.715. The largest absolute Gasteiger partial charge is 0.300 e. The molecule has 0 saturated carbocycles. The van der Waals surface area contributed by atoms with Crippen molar-refractivity contribution < 1.29 is 0 Å². The first-order valence-corrected chi connectivity index (χ1v) is 6.41. The molecule has 1 aliphatic heterocycles. The van der Waals surface area contributed by atoms with Gasteiger partial charge in [0, 0.05) is 5.56 Å². The Morgan fingerprint density at radius 1 is 1.21 bits per heavy atom. The first-order valence-electron chi connectivity index (χ1n) is 6.41. The minimum Gasteiger partial charge on any atom is -0.300 e. The lowest BCUT2D eigenvalue weighted by Crippen LogP contribution is -2.06. The molecule has 0 N–H and O–H groups in total. The van der Waals surface area contributed by atoms with Crippen LogP contribution in [0, 0.1) is 0 Å². The highest BCUT2D eigenvalue weighted by molar-refractivity contribution is 5.69. The van der Waals surface area contributed by atoms with E-state index >= 15 is 0 Å². The number of hydrogen-bond acceptors (Lipinski definition) is 3. The van der Waals surface area contributed by atoms with Gasteiger partial charge in [0.1, 0.15) is 6.33 Å². The molecule has 0 atom stereocenters. The highest BCUT2D eigenvalue weighted by atomic mass is 15.3. The van der Waals surface area contributed by atoms with E-state index in [2.05, 4.69) is 38.7 Å². The number of para-hydroxylation sites is 1. The summed E-state index contributed by atoms with van der Waals surface area (Å²) in [7, 11) is 0. The van der Waals surface area contributed by atoms with E-state index in [1.54, 1.807) is 6.33 Å². The van der Waals surface area contributed by atoms with Crippen molar-refractivity contribution in [2.45, 2.75) is 19.9 Å². The third-order valence-electron chi connectivity index (χ3n) is 3.61. The number of aromatic nitrogens is 5. The van der Waals surface area contributed by atoms with Crippen molar-refractivity contribution in [3.63, 3.8) is 0 Å². The number of imidazole rings is 1. The minimum absolute atomic E-state index is 0.715. The SMILES string of the molecule is CCc1ncn2c1Cn1ncnc1-c1ccccc1-2. The smallest absolute Gasteiger partial charge is 0.160 e. The summed E-state index contributed by atoms with van der Waals surface area (Å²) in [5.74, 6) is 0.918. The van der Waals surface area contributed by atoms with Gasteiger partial charge in [0.25, 0.3) is 0 Å². The maximum atomic E-state index is 4.52. The molecule has 0 saturated heterocycles. The van der Waals surface area contributed by atoms with Crippen molar-refractivity contribution in [2.24, 2.45) is 0 Å². The van der Waals surface area contributed by atoms with Gasteiger partial charge in [-0.3, -0.25) is 0 Å². The van der Waals surface area contributed by atoms with Crippen LogP contribution in [-0.4, -0.2) is 24.3 Å². The van der Waals surface area contributed by atoms with Crippen LogP contribution in [-0.2, 0) is 13.0 Å². The molecule has 3 aromatic rings. The van der Waals surface area contributed by atoms with Gasteiger partial charge < -0.3 is 4.57 Å². The topological polar surface area (TPSA) is 48.5 Å². The van der Waals surface area contributed by atoms with E-state index in [1.807, 2.05) is 23.1 Å². The van der Waals surface area contributed by atoms with Crippen molar-refractivity contribution >= 4 is 0 Å². The Morgan fingerprint density at radius 3 is 3.00 bits per heavy atom. The molecule has 5 heteroatoms. The average molecular weight is 251 g/mol. The fourth-order valence-electron chi connectivity index (χ4n) is 2.68. The molecule has 0 radical (unpaired) electrons. The Balaban J connectivity index is 2.09. The van der Waals surface area contributed by atoms with E-state index in [4.69, 9.17) is 0 Å². The van der Waals surface area contributed by atoms with Crippen LogP contribution in [0.5, 0.6) is 0 Å². The van der Waals surface area contributed by atoms with E-state index in [0.717, 1.165) is 29.2 Å². The zero-order chi connectivity index (χ0) is 12.8. The molecule has 0 fully saturated rings. The van der Waals surface area contributed by atoms with Gasteiger partial charge in [-0.25, -0.2) is 14.6 Å². The number of hydrogen-bond donors (Lipinski definition) is 0. The quantitative estimate of drug-likeness (QED) is 0.520. The summed E-state index contributed by atoms with van der Waals surface area (Å²) in [6.45, 7) is 2.84. The van der Waals surface area contributed by atoms with Gasteiger partial charge >= 0.3 is 0 Å². The number of fused-ring (bicyclic) bond motifs is 5. The lowest BCUT2D eigenvalue weighted by Gasteiger charge is -2.07. The molecule has 94 valence electrons. The predicted octanol–water partition coefficient (Wildman–Crippen LogP) is 2.05. The summed E-state index contributed by atoms with van der Waals surface area (Å²) in [4.78, 5) is 8.91. The van der Waals surface area contributed by atoms with Crippen LogP contribution < -0.4 is 0 Å². The van der Waals surface area contributed by atoms with Gasteiger partial charge in [0.2, 0.25) is 0 Å². The van der Waals surface area contributed by atoms with Gasteiger partial charge in [-0.1, -0.05) is 19.1 Å². The molecule has 1 aromatic carbocycles. The fourth-order valence-corrected chi connectivity index (χ4v) is 2.68. The van der Waals surface area contributed by atoms with E-state index in [9.17, 15) is 0 Å². The first-order chi connectivity index (χ1) is 9.38. The van der Waals surface area contributed by atoms with Crippen molar-refractivity contribution in [3.8, 4) is 17.1 Å². The zero-order valence-electron chi connectivity index (χ0n) is 10.6. The highest BCUT2D eigenvalue weighted by Crippen LogP contribution is 2.30. The van der Waals surface area contributed by atoms with Crippen LogP contribution in [0.1, 0.15) is 18.3 Å². The number of rotatable bonds is 1. The van der Waals surface area contributed by atoms with Gasteiger partial charge in [-0.2, -0.15) is 5.10 Å². The molecular formula is C14H13N5. The second kappa shape index (κ2) is 3.78. The molecule has 0 bridgehead atoms. The van der Waals surface area contributed by atoms with Gasteiger partial charge in [-0.15, -0.1) is 0 Å². The van der Waals surface area contributed by atoms with E-state index in [-0.39, 0.29) is 0 Å². The first kappa shape index (κ1) is 10.5. The van der Waals surface area contributed by atoms with Crippen LogP contribution in [0.3, 0.4) is 0 Å². The highest BCUT2D eigenvalue weighted by Gasteiger charge is 2.22. The predicted molar refractivity (Wildman–Crippen MR) is 71.1 cm³/mol. The van der Waals surface area contributed by atoms with E-state index in [1.165, 1.54) is 5.69 Å². The molecule has 3 heterocycles. The monoisotopic (exact) mass is 251 g/mol. The normalized spacial score (nSPS) is 12.5. The van der Waals surface area contributed by atoms with Crippen LogP contribution in [0.2, 0.25) is 0 Å². The molecule has 0 spiro atoms. The number of aryl methyl sites for hydroxylation is 1. The zero-order valence-corrected chi connectivity index (χ0v) is 10.6. The average Bonchev–Trinajstić information content (AvgIpc) is 3.04. The Labute approximate surface area is 110 Å². The second-order valence-corrected chi connectivity index (χ2v) is 4.62. The van der Waals surface area contributed by atoms with Crippen molar-refractivity contribution in [1.82, 2.24) is 24.3 Å². The van der Waals surface area contributed by atoms with Gasteiger partial charge in [-0.05, 0) is 18.6 Å². The summed E-state index contributed by atoms with van der Waals surface area (Å²) >= 11 is 0. The maximum Gasteiger partial charge on any atom is 0.160 e. The third-order valence-corrected chi connectivity index (χ3v) is 3.61.